The van der Waals surface area contributed by atoms with E-state index in [0.29, 0.717) is 22.3 Å². The molecule has 0 heterocycles. The number of nitrogens with zero attached hydrogens (tertiary/aromatic N) is 4. The minimum Gasteiger partial charge on any atom is -0.204 e. The van der Waals surface area contributed by atoms with E-state index in [9.17, 15) is 8.78 Å². The lowest BCUT2D eigenvalue weighted by Crippen LogP contribution is -1.96. The number of hydrogen-bond acceptors (Lipinski definition) is 4. The number of nitriles is 4. The van der Waals surface area contributed by atoms with Crippen molar-refractivity contribution in [2.45, 2.75) is 13.8 Å². The number of halogens is 2. The summed E-state index contributed by atoms with van der Waals surface area (Å²) in [4.78, 5) is 0. The molecule has 6 heteroatoms. The van der Waals surface area contributed by atoms with Crippen molar-refractivity contribution >= 4 is 0 Å². The average molecular weight is 394 g/mol. The Morgan fingerprint density at radius 2 is 0.800 bits per heavy atom. The van der Waals surface area contributed by atoms with Crippen molar-refractivity contribution in [1.82, 2.24) is 0 Å². The van der Waals surface area contributed by atoms with E-state index in [2.05, 4.69) is 0 Å². The third-order valence-corrected chi connectivity index (χ3v) is 4.82. The summed E-state index contributed by atoms with van der Waals surface area (Å²) in [5, 5.41) is 36.7. The molecule has 0 spiro atoms. The SMILES string of the molecule is Cc1cc(-c2cc(C#N)c(F)c(C#N)c2)c(C)cc1-c1cc(C#N)c(F)c(C#N)c1. The molecule has 3 aromatic carbocycles. The zero-order valence-electron chi connectivity index (χ0n) is 16.0. The van der Waals surface area contributed by atoms with Gasteiger partial charge in [0.05, 0.1) is 22.3 Å². The fraction of sp³-hybridized carbons (Fsp3) is 0.0833. The summed E-state index contributed by atoms with van der Waals surface area (Å²) in [5.74, 6) is -1.71. The minimum absolute atomic E-state index is 0.221. The van der Waals surface area contributed by atoms with E-state index >= 15 is 0 Å². The Morgan fingerprint density at radius 1 is 0.533 bits per heavy atom. The second kappa shape index (κ2) is 7.84. The van der Waals surface area contributed by atoms with E-state index in [1.807, 2.05) is 12.1 Å². The predicted octanol–water partition coefficient (Wildman–Crippen LogP) is 5.40. The third kappa shape index (κ3) is 3.35. The average Bonchev–Trinajstić information content (AvgIpc) is 2.75. The lowest BCUT2D eigenvalue weighted by atomic mass is 9.89. The number of benzene rings is 3. The first-order valence-corrected chi connectivity index (χ1v) is 8.74. The molecule has 0 aliphatic rings. The van der Waals surface area contributed by atoms with Crippen molar-refractivity contribution in [2.75, 3.05) is 0 Å². The molecule has 0 radical (unpaired) electrons. The summed E-state index contributed by atoms with van der Waals surface area (Å²) in [7, 11) is 0. The summed E-state index contributed by atoms with van der Waals surface area (Å²) in [6.45, 7) is 3.61. The largest absolute Gasteiger partial charge is 0.204 e. The van der Waals surface area contributed by atoms with E-state index < -0.39 is 11.6 Å². The number of aryl methyl sites for hydroxylation is 2. The van der Waals surface area contributed by atoms with Crippen molar-refractivity contribution in [3.8, 4) is 46.5 Å². The minimum atomic E-state index is -0.853. The number of rotatable bonds is 2. The molecule has 0 saturated carbocycles. The summed E-state index contributed by atoms with van der Waals surface area (Å²) in [5.41, 5.74) is 3.08. The Bertz CT molecular complexity index is 1200. The molecule has 0 aliphatic heterocycles. The molecule has 3 aromatic rings. The van der Waals surface area contributed by atoms with Gasteiger partial charge in [-0.15, -0.1) is 0 Å². The molecule has 30 heavy (non-hydrogen) atoms. The van der Waals surface area contributed by atoms with E-state index in [1.165, 1.54) is 24.3 Å². The third-order valence-electron chi connectivity index (χ3n) is 4.82. The molecule has 0 aromatic heterocycles. The molecule has 0 amide bonds. The van der Waals surface area contributed by atoms with Gasteiger partial charge in [0.1, 0.15) is 24.3 Å². The van der Waals surface area contributed by atoms with Gasteiger partial charge in [0.15, 0.2) is 11.6 Å². The van der Waals surface area contributed by atoms with Crippen LogP contribution in [-0.4, -0.2) is 0 Å². The van der Waals surface area contributed by atoms with Gasteiger partial charge in [-0.2, -0.15) is 21.0 Å². The smallest absolute Gasteiger partial charge is 0.158 e. The first-order valence-electron chi connectivity index (χ1n) is 8.74. The maximum Gasteiger partial charge on any atom is 0.158 e. The maximum atomic E-state index is 14.1. The van der Waals surface area contributed by atoms with Crippen molar-refractivity contribution in [2.24, 2.45) is 0 Å². The van der Waals surface area contributed by atoms with Crippen LogP contribution in [0.25, 0.3) is 22.3 Å². The van der Waals surface area contributed by atoms with Gasteiger partial charge in [0.2, 0.25) is 0 Å². The van der Waals surface area contributed by atoms with Gasteiger partial charge in [-0.25, -0.2) is 8.78 Å². The van der Waals surface area contributed by atoms with Crippen LogP contribution in [0.1, 0.15) is 33.4 Å². The second-order valence-corrected chi connectivity index (χ2v) is 6.70. The zero-order valence-corrected chi connectivity index (χ0v) is 16.0. The summed E-state index contributed by atoms with van der Waals surface area (Å²) < 4.78 is 28.2. The highest BCUT2D eigenvalue weighted by atomic mass is 19.1. The van der Waals surface area contributed by atoms with Crippen LogP contribution < -0.4 is 0 Å². The molecule has 0 aliphatic carbocycles. The van der Waals surface area contributed by atoms with Crippen molar-refractivity contribution in [3.63, 3.8) is 0 Å². The topological polar surface area (TPSA) is 95.2 Å². The van der Waals surface area contributed by atoms with Crippen LogP contribution >= 0.6 is 0 Å². The van der Waals surface area contributed by atoms with Gasteiger partial charge in [-0.1, -0.05) is 12.1 Å². The van der Waals surface area contributed by atoms with Crippen molar-refractivity contribution in [1.29, 1.82) is 21.0 Å². The summed E-state index contributed by atoms with van der Waals surface area (Å²) >= 11 is 0. The van der Waals surface area contributed by atoms with E-state index in [1.54, 1.807) is 38.1 Å². The quantitative estimate of drug-likeness (QED) is 0.581. The zero-order chi connectivity index (χ0) is 22.0. The van der Waals surface area contributed by atoms with Crippen LogP contribution in [0.5, 0.6) is 0 Å². The Labute approximate surface area is 172 Å². The molecule has 4 nitrogen and oxygen atoms in total. The fourth-order valence-electron chi connectivity index (χ4n) is 3.32. The van der Waals surface area contributed by atoms with Gasteiger partial charge in [0.25, 0.3) is 0 Å². The van der Waals surface area contributed by atoms with Crippen LogP contribution in [0.2, 0.25) is 0 Å². The Hall–Kier alpha value is -4.52. The van der Waals surface area contributed by atoms with Gasteiger partial charge < -0.3 is 0 Å². The first-order chi connectivity index (χ1) is 14.3. The van der Waals surface area contributed by atoms with Gasteiger partial charge in [-0.05, 0) is 71.5 Å². The first kappa shape index (κ1) is 20.2. The van der Waals surface area contributed by atoms with Gasteiger partial charge in [-0.3, -0.25) is 0 Å². The standard InChI is InChI=1S/C24H12F2N4/c1-13-3-22(16-7-19(11-29)24(26)20(8-16)12-30)14(2)4-21(13)15-5-17(9-27)23(25)18(6-15)10-28/h3-8H,1-2H3. The van der Waals surface area contributed by atoms with Crippen LogP contribution in [0, 0.1) is 70.8 Å². The Balaban J connectivity index is 2.23. The molecular weight excluding hydrogens is 382 g/mol. The second-order valence-electron chi connectivity index (χ2n) is 6.70. The van der Waals surface area contributed by atoms with Crippen LogP contribution in [-0.2, 0) is 0 Å². The van der Waals surface area contributed by atoms with Crippen LogP contribution in [0.15, 0.2) is 36.4 Å². The predicted molar refractivity (Wildman–Crippen MR) is 106 cm³/mol. The van der Waals surface area contributed by atoms with Crippen molar-refractivity contribution in [3.05, 3.63) is 81.4 Å². The number of hydrogen-bond donors (Lipinski definition) is 0. The highest BCUT2D eigenvalue weighted by molar-refractivity contribution is 5.78. The molecule has 3 rings (SSSR count). The van der Waals surface area contributed by atoms with Crippen LogP contribution in [0.3, 0.4) is 0 Å². The normalized spacial score (nSPS) is 9.87. The molecule has 0 N–H and O–H groups in total. The molecule has 142 valence electrons. The van der Waals surface area contributed by atoms with E-state index in [4.69, 9.17) is 21.0 Å². The molecule has 0 atom stereocenters. The fourth-order valence-corrected chi connectivity index (χ4v) is 3.32. The van der Waals surface area contributed by atoms with Crippen molar-refractivity contribution < 1.29 is 8.78 Å². The van der Waals surface area contributed by atoms with E-state index in [-0.39, 0.29) is 22.3 Å². The lowest BCUT2D eigenvalue weighted by molar-refractivity contribution is 0.620. The Morgan fingerprint density at radius 3 is 1.03 bits per heavy atom. The summed E-state index contributed by atoms with van der Waals surface area (Å²) in [6, 6.07) is 16.2. The molecule has 0 unspecified atom stereocenters. The highest BCUT2D eigenvalue weighted by Crippen LogP contribution is 2.34. The molecule has 0 saturated heterocycles. The summed E-state index contributed by atoms with van der Waals surface area (Å²) in [6.07, 6.45) is 0. The molecule has 0 fully saturated rings. The maximum absolute atomic E-state index is 14.1. The molecule has 0 bridgehead atoms. The lowest BCUT2D eigenvalue weighted by Gasteiger charge is -2.14. The monoisotopic (exact) mass is 394 g/mol. The van der Waals surface area contributed by atoms with E-state index in [0.717, 1.165) is 11.1 Å². The highest BCUT2D eigenvalue weighted by Gasteiger charge is 2.16. The van der Waals surface area contributed by atoms with Gasteiger partial charge in [0, 0.05) is 0 Å². The molecular formula is C24H12F2N4. The van der Waals surface area contributed by atoms with Gasteiger partial charge >= 0.3 is 0 Å². The van der Waals surface area contributed by atoms with Crippen LogP contribution in [0.4, 0.5) is 8.78 Å². The Kier molecular flexibility index (Phi) is 5.29.